The summed E-state index contributed by atoms with van der Waals surface area (Å²) in [5.74, 6) is 1.73. The maximum Gasteiger partial charge on any atom is 0.141 e. The highest BCUT2D eigenvalue weighted by Gasteiger charge is 2.29. The van der Waals surface area contributed by atoms with E-state index in [-0.39, 0.29) is 0 Å². The van der Waals surface area contributed by atoms with Gasteiger partial charge in [-0.3, -0.25) is 0 Å². The Morgan fingerprint density at radius 1 is 1.32 bits per heavy atom. The molecule has 1 atom stereocenters. The van der Waals surface area contributed by atoms with Crippen molar-refractivity contribution in [2.45, 2.75) is 19.9 Å². The minimum absolute atomic E-state index is 0.525. The molecule has 1 aliphatic heterocycles. The van der Waals surface area contributed by atoms with E-state index in [1.807, 2.05) is 0 Å². The molecule has 0 N–H and O–H groups in total. The van der Waals surface area contributed by atoms with E-state index in [4.69, 9.17) is 0 Å². The second kappa shape index (κ2) is 5.06. The van der Waals surface area contributed by atoms with E-state index in [0.717, 1.165) is 30.3 Å². The molecule has 19 heavy (non-hydrogen) atoms. The molecule has 3 heterocycles. The summed E-state index contributed by atoms with van der Waals surface area (Å²) in [6, 6.07) is 2.67. The van der Waals surface area contributed by atoms with Crippen molar-refractivity contribution in [3.63, 3.8) is 0 Å². The van der Waals surface area contributed by atoms with Gasteiger partial charge in [0, 0.05) is 25.7 Å². The number of anilines is 1. The summed E-state index contributed by atoms with van der Waals surface area (Å²) in [4.78, 5) is 14.9. The van der Waals surface area contributed by atoms with Crippen LogP contribution in [0.15, 0.2) is 17.8 Å². The first-order valence-corrected chi connectivity index (χ1v) is 7.68. The van der Waals surface area contributed by atoms with E-state index >= 15 is 0 Å². The molecule has 1 aliphatic rings. The number of nitrogens with zero attached hydrogens (tertiary/aromatic N) is 4. The maximum atomic E-state index is 4.56. The number of rotatable bonds is 2. The molecule has 5 heteroatoms. The van der Waals surface area contributed by atoms with Crippen molar-refractivity contribution in [3.8, 4) is 0 Å². The van der Waals surface area contributed by atoms with E-state index in [0.29, 0.717) is 12.0 Å². The number of hydrogen-bond donors (Lipinski definition) is 0. The molecule has 0 amide bonds. The number of aromatic nitrogens is 2. The molecule has 0 spiro atoms. The van der Waals surface area contributed by atoms with Crippen LogP contribution >= 0.6 is 11.3 Å². The lowest BCUT2D eigenvalue weighted by atomic mass is 9.99. The first-order valence-electron chi connectivity index (χ1n) is 6.80. The predicted molar refractivity (Wildman–Crippen MR) is 80.9 cm³/mol. The summed E-state index contributed by atoms with van der Waals surface area (Å²) >= 11 is 1.69. The Hall–Kier alpha value is -1.20. The van der Waals surface area contributed by atoms with E-state index < -0.39 is 0 Å². The van der Waals surface area contributed by atoms with Crippen LogP contribution in [-0.4, -0.2) is 47.6 Å². The fraction of sp³-hybridized carbons (Fsp3) is 0.571. The minimum Gasteiger partial charge on any atom is -0.350 e. The molecule has 0 aromatic carbocycles. The molecule has 1 unspecified atom stereocenters. The SMILES string of the molecule is CC(C)C1CN(C)CCN1c1ncnc2sccc12. The van der Waals surface area contributed by atoms with Crippen LogP contribution in [0.3, 0.4) is 0 Å². The van der Waals surface area contributed by atoms with E-state index in [1.54, 1.807) is 17.7 Å². The largest absolute Gasteiger partial charge is 0.350 e. The Bertz CT molecular complexity index is 565. The third kappa shape index (κ3) is 2.32. The van der Waals surface area contributed by atoms with Gasteiger partial charge in [-0.2, -0.15) is 0 Å². The van der Waals surface area contributed by atoms with Crippen LogP contribution in [0.5, 0.6) is 0 Å². The van der Waals surface area contributed by atoms with Gasteiger partial charge in [0.05, 0.1) is 5.39 Å². The highest BCUT2D eigenvalue weighted by molar-refractivity contribution is 7.16. The van der Waals surface area contributed by atoms with Crippen LogP contribution in [0.1, 0.15) is 13.8 Å². The van der Waals surface area contributed by atoms with Gasteiger partial charge in [-0.15, -0.1) is 11.3 Å². The number of likely N-dealkylation sites (N-methyl/N-ethyl adjacent to an activating group) is 1. The number of piperazine rings is 1. The zero-order valence-electron chi connectivity index (χ0n) is 11.7. The van der Waals surface area contributed by atoms with E-state index in [2.05, 4.69) is 52.1 Å². The highest BCUT2D eigenvalue weighted by atomic mass is 32.1. The van der Waals surface area contributed by atoms with Crippen molar-refractivity contribution in [2.24, 2.45) is 5.92 Å². The molecular formula is C14H20N4S. The summed E-state index contributed by atoms with van der Waals surface area (Å²) in [6.45, 7) is 7.83. The zero-order chi connectivity index (χ0) is 13.4. The van der Waals surface area contributed by atoms with Crippen molar-refractivity contribution < 1.29 is 0 Å². The van der Waals surface area contributed by atoms with Gasteiger partial charge in [0.25, 0.3) is 0 Å². The molecule has 0 bridgehead atoms. The minimum atomic E-state index is 0.525. The zero-order valence-corrected chi connectivity index (χ0v) is 12.5. The van der Waals surface area contributed by atoms with Gasteiger partial charge < -0.3 is 9.80 Å². The molecular weight excluding hydrogens is 256 g/mol. The average Bonchev–Trinajstić information content (AvgIpc) is 2.86. The molecule has 1 fully saturated rings. The van der Waals surface area contributed by atoms with Crippen LogP contribution in [0.25, 0.3) is 10.2 Å². The van der Waals surface area contributed by atoms with Crippen molar-refractivity contribution in [1.29, 1.82) is 0 Å². The van der Waals surface area contributed by atoms with Gasteiger partial charge in [0.2, 0.25) is 0 Å². The molecule has 0 radical (unpaired) electrons. The number of thiophene rings is 1. The normalized spacial score (nSPS) is 21.5. The molecule has 102 valence electrons. The van der Waals surface area contributed by atoms with Crippen LogP contribution in [0.2, 0.25) is 0 Å². The summed E-state index contributed by atoms with van der Waals surface area (Å²) in [5.41, 5.74) is 0. The fourth-order valence-corrected chi connectivity index (χ4v) is 3.52. The topological polar surface area (TPSA) is 32.3 Å². The van der Waals surface area contributed by atoms with Gasteiger partial charge in [-0.05, 0) is 24.4 Å². The lowest BCUT2D eigenvalue weighted by Crippen LogP contribution is -2.54. The van der Waals surface area contributed by atoms with Crippen LogP contribution in [0.4, 0.5) is 5.82 Å². The Morgan fingerprint density at radius 2 is 2.16 bits per heavy atom. The second-order valence-electron chi connectivity index (χ2n) is 5.60. The van der Waals surface area contributed by atoms with E-state index in [9.17, 15) is 0 Å². The van der Waals surface area contributed by atoms with Gasteiger partial charge >= 0.3 is 0 Å². The van der Waals surface area contributed by atoms with Crippen LogP contribution < -0.4 is 4.90 Å². The lowest BCUT2D eigenvalue weighted by Gasteiger charge is -2.43. The van der Waals surface area contributed by atoms with Crippen LogP contribution in [0, 0.1) is 5.92 Å². The highest BCUT2D eigenvalue weighted by Crippen LogP contribution is 2.30. The van der Waals surface area contributed by atoms with Gasteiger partial charge in [0.1, 0.15) is 17.0 Å². The van der Waals surface area contributed by atoms with E-state index in [1.165, 1.54) is 5.39 Å². The molecule has 1 saturated heterocycles. The van der Waals surface area contributed by atoms with Crippen molar-refractivity contribution in [3.05, 3.63) is 17.8 Å². The molecule has 0 saturated carbocycles. The Morgan fingerprint density at radius 3 is 2.95 bits per heavy atom. The number of hydrogen-bond acceptors (Lipinski definition) is 5. The van der Waals surface area contributed by atoms with Crippen molar-refractivity contribution in [2.75, 3.05) is 31.6 Å². The number of fused-ring (bicyclic) bond motifs is 1. The summed E-state index contributed by atoms with van der Waals surface area (Å²) in [5, 5.41) is 3.30. The summed E-state index contributed by atoms with van der Waals surface area (Å²) in [7, 11) is 2.20. The molecule has 2 aromatic heterocycles. The lowest BCUT2D eigenvalue weighted by molar-refractivity contribution is 0.236. The Labute approximate surface area is 118 Å². The second-order valence-corrected chi connectivity index (χ2v) is 6.50. The molecule has 4 nitrogen and oxygen atoms in total. The molecule has 3 rings (SSSR count). The smallest absolute Gasteiger partial charge is 0.141 e. The monoisotopic (exact) mass is 276 g/mol. The van der Waals surface area contributed by atoms with Crippen LogP contribution in [-0.2, 0) is 0 Å². The standard InChI is InChI=1S/C14H20N4S/c1-10(2)12-8-17(3)5-6-18(12)13-11-4-7-19-14(11)16-9-15-13/h4,7,9-10,12H,5-6,8H2,1-3H3. The van der Waals surface area contributed by atoms with Gasteiger partial charge in [-0.1, -0.05) is 13.8 Å². The third-order valence-corrected chi connectivity index (χ3v) is 4.72. The first kappa shape index (κ1) is 12.8. The van der Waals surface area contributed by atoms with Gasteiger partial charge in [0.15, 0.2) is 0 Å². The first-order chi connectivity index (χ1) is 9.16. The fourth-order valence-electron chi connectivity index (χ4n) is 2.79. The third-order valence-electron chi connectivity index (χ3n) is 3.90. The Kier molecular flexibility index (Phi) is 3.41. The molecule has 0 aliphatic carbocycles. The van der Waals surface area contributed by atoms with Crippen molar-refractivity contribution in [1.82, 2.24) is 14.9 Å². The van der Waals surface area contributed by atoms with Gasteiger partial charge in [-0.25, -0.2) is 9.97 Å². The average molecular weight is 276 g/mol. The summed E-state index contributed by atoms with van der Waals surface area (Å²) in [6.07, 6.45) is 1.70. The maximum absolute atomic E-state index is 4.56. The summed E-state index contributed by atoms with van der Waals surface area (Å²) < 4.78 is 0. The van der Waals surface area contributed by atoms with Crippen molar-refractivity contribution >= 4 is 27.4 Å². The Balaban J connectivity index is 2.01. The quantitative estimate of drug-likeness (QED) is 0.843. The molecule has 2 aromatic rings. The predicted octanol–water partition coefficient (Wildman–Crippen LogP) is 2.47.